The molecule has 0 aliphatic heterocycles. The molecule has 2 N–H and O–H groups in total. The number of aryl methyl sites for hydroxylation is 1. The first-order chi connectivity index (χ1) is 11.1. The van der Waals surface area contributed by atoms with E-state index in [4.69, 9.17) is 5.73 Å². The molecule has 0 aliphatic rings. The van der Waals surface area contributed by atoms with Crippen LogP contribution in [0.1, 0.15) is 11.1 Å². The van der Waals surface area contributed by atoms with Gasteiger partial charge in [0.25, 0.3) is 0 Å². The molecule has 2 aromatic heterocycles. The predicted molar refractivity (Wildman–Crippen MR) is 93.3 cm³/mol. The van der Waals surface area contributed by atoms with Crippen LogP contribution in [-0.4, -0.2) is 20.7 Å². The van der Waals surface area contributed by atoms with E-state index in [1.165, 1.54) is 11.1 Å². The molecule has 0 unspecified atom stereocenters. The summed E-state index contributed by atoms with van der Waals surface area (Å²) in [5.41, 5.74) is 7.81. The van der Waals surface area contributed by atoms with E-state index in [9.17, 15) is 4.79 Å². The summed E-state index contributed by atoms with van der Waals surface area (Å²) in [5.74, 6) is 1.05. The number of primary amides is 1. The Labute approximate surface area is 142 Å². The molecule has 118 valence electrons. The normalized spacial score (nSPS) is 10.8. The molecule has 0 fully saturated rings. The van der Waals surface area contributed by atoms with Gasteiger partial charge < -0.3 is 5.73 Å². The topological polar surface area (TPSA) is 73.8 Å². The van der Waals surface area contributed by atoms with Gasteiger partial charge >= 0.3 is 0 Å². The van der Waals surface area contributed by atoms with Gasteiger partial charge in [-0.05, 0) is 23.9 Å². The quantitative estimate of drug-likeness (QED) is 0.697. The zero-order valence-corrected chi connectivity index (χ0v) is 14.2. The number of nitrogens with zero attached hydrogens (tertiary/aromatic N) is 3. The lowest BCUT2D eigenvalue weighted by atomic mass is 10.2. The van der Waals surface area contributed by atoms with Gasteiger partial charge in [-0.1, -0.05) is 47.7 Å². The second-order valence-electron chi connectivity index (χ2n) is 5.11. The number of thioether (sulfide) groups is 1. The van der Waals surface area contributed by atoms with Crippen LogP contribution in [0.4, 0.5) is 0 Å². The Kier molecular flexibility index (Phi) is 4.78. The molecule has 1 amide bonds. The van der Waals surface area contributed by atoms with Gasteiger partial charge in [0.05, 0.1) is 4.88 Å². The highest BCUT2D eigenvalue weighted by molar-refractivity contribution is 7.98. The largest absolute Gasteiger partial charge is 0.368 e. The number of benzene rings is 1. The number of carbonyl (C=O) groups is 1. The maximum atomic E-state index is 11.4. The van der Waals surface area contributed by atoms with Gasteiger partial charge in [0.2, 0.25) is 5.91 Å². The monoisotopic (exact) mass is 344 g/mol. The molecule has 0 saturated carbocycles. The van der Waals surface area contributed by atoms with Crippen LogP contribution < -0.4 is 5.73 Å². The highest BCUT2D eigenvalue weighted by Gasteiger charge is 2.16. The minimum Gasteiger partial charge on any atom is -0.368 e. The van der Waals surface area contributed by atoms with Crippen molar-refractivity contribution in [3.63, 3.8) is 0 Å². The molecule has 0 radical (unpaired) electrons. The molecule has 23 heavy (non-hydrogen) atoms. The standard InChI is InChI=1S/C16H16N4OS2/c1-11-4-6-12(7-5-11)10-23-16-19-18-15(13-3-2-8-22-13)20(16)9-14(17)21/h2-8H,9-10H2,1H3,(H2,17,21). The van der Waals surface area contributed by atoms with Crippen LogP contribution in [0.5, 0.6) is 0 Å². The molecule has 0 spiro atoms. The third-order valence-electron chi connectivity index (χ3n) is 3.26. The number of carbonyl (C=O) groups excluding carboxylic acids is 1. The van der Waals surface area contributed by atoms with E-state index in [1.807, 2.05) is 17.5 Å². The predicted octanol–water partition coefficient (Wildman–Crippen LogP) is 3.09. The van der Waals surface area contributed by atoms with Crippen LogP contribution in [0, 0.1) is 6.92 Å². The van der Waals surface area contributed by atoms with Crippen molar-refractivity contribution in [3.8, 4) is 10.7 Å². The second kappa shape index (κ2) is 6.97. The number of thiophene rings is 1. The molecular weight excluding hydrogens is 328 g/mol. The Morgan fingerprint density at radius 2 is 2.04 bits per heavy atom. The lowest BCUT2D eigenvalue weighted by Gasteiger charge is -2.07. The van der Waals surface area contributed by atoms with E-state index in [1.54, 1.807) is 27.7 Å². The molecule has 1 aromatic carbocycles. The molecule has 0 atom stereocenters. The highest BCUT2D eigenvalue weighted by Crippen LogP contribution is 2.28. The van der Waals surface area contributed by atoms with E-state index in [-0.39, 0.29) is 6.54 Å². The van der Waals surface area contributed by atoms with Crippen molar-refractivity contribution in [1.29, 1.82) is 0 Å². The van der Waals surface area contributed by atoms with Gasteiger partial charge in [-0.15, -0.1) is 21.5 Å². The molecule has 2 heterocycles. The molecular formula is C16H16N4OS2. The number of nitrogens with two attached hydrogens (primary N) is 1. The summed E-state index contributed by atoms with van der Waals surface area (Å²) in [4.78, 5) is 12.4. The molecule has 0 bridgehead atoms. The van der Waals surface area contributed by atoms with Crippen LogP contribution in [0.3, 0.4) is 0 Å². The Bertz CT molecular complexity index is 794. The first kappa shape index (κ1) is 15.8. The van der Waals surface area contributed by atoms with Gasteiger partial charge in [0.15, 0.2) is 11.0 Å². The van der Waals surface area contributed by atoms with Crippen LogP contribution in [0.2, 0.25) is 0 Å². The second-order valence-corrected chi connectivity index (χ2v) is 7.00. The van der Waals surface area contributed by atoms with Crippen molar-refractivity contribution >= 4 is 29.0 Å². The third kappa shape index (κ3) is 3.80. The van der Waals surface area contributed by atoms with E-state index in [0.717, 1.165) is 10.6 Å². The van der Waals surface area contributed by atoms with Crippen molar-refractivity contribution in [2.24, 2.45) is 5.73 Å². The molecule has 7 heteroatoms. The van der Waals surface area contributed by atoms with Crippen LogP contribution in [0.15, 0.2) is 46.9 Å². The number of rotatable bonds is 6. The first-order valence-electron chi connectivity index (χ1n) is 7.07. The maximum absolute atomic E-state index is 11.4. The fraction of sp³-hybridized carbons (Fsp3) is 0.188. The Morgan fingerprint density at radius 1 is 1.26 bits per heavy atom. The fourth-order valence-electron chi connectivity index (χ4n) is 2.11. The first-order valence-corrected chi connectivity index (χ1v) is 8.94. The number of hydrogen-bond donors (Lipinski definition) is 1. The van der Waals surface area contributed by atoms with Gasteiger partial charge in [0.1, 0.15) is 6.54 Å². The lowest BCUT2D eigenvalue weighted by Crippen LogP contribution is -2.19. The van der Waals surface area contributed by atoms with Gasteiger partial charge in [-0.25, -0.2) is 0 Å². The van der Waals surface area contributed by atoms with Crippen molar-refractivity contribution in [2.45, 2.75) is 24.4 Å². The van der Waals surface area contributed by atoms with Gasteiger partial charge in [-0.2, -0.15) is 0 Å². The minimum absolute atomic E-state index is 0.0798. The molecule has 5 nitrogen and oxygen atoms in total. The smallest absolute Gasteiger partial charge is 0.237 e. The highest BCUT2D eigenvalue weighted by atomic mass is 32.2. The van der Waals surface area contributed by atoms with Crippen molar-refractivity contribution in [1.82, 2.24) is 14.8 Å². The summed E-state index contributed by atoms with van der Waals surface area (Å²) in [6.45, 7) is 2.14. The van der Waals surface area contributed by atoms with E-state index < -0.39 is 5.91 Å². The summed E-state index contributed by atoms with van der Waals surface area (Å²) >= 11 is 3.11. The van der Waals surface area contributed by atoms with Crippen molar-refractivity contribution in [3.05, 3.63) is 52.9 Å². The molecule has 0 saturated heterocycles. The van der Waals surface area contributed by atoms with Crippen LogP contribution in [0.25, 0.3) is 10.7 Å². The Morgan fingerprint density at radius 3 is 2.70 bits per heavy atom. The molecule has 3 rings (SSSR count). The average Bonchev–Trinajstić information content (AvgIpc) is 3.16. The number of amides is 1. The fourth-order valence-corrected chi connectivity index (χ4v) is 3.73. The lowest BCUT2D eigenvalue weighted by molar-refractivity contribution is -0.118. The van der Waals surface area contributed by atoms with Crippen molar-refractivity contribution < 1.29 is 4.79 Å². The number of aromatic nitrogens is 3. The summed E-state index contributed by atoms with van der Waals surface area (Å²) in [5, 5.41) is 11.1. The summed E-state index contributed by atoms with van der Waals surface area (Å²) in [6, 6.07) is 12.3. The summed E-state index contributed by atoms with van der Waals surface area (Å²) in [7, 11) is 0. The third-order valence-corrected chi connectivity index (χ3v) is 5.16. The van der Waals surface area contributed by atoms with Crippen molar-refractivity contribution in [2.75, 3.05) is 0 Å². The van der Waals surface area contributed by atoms with Crippen LogP contribution >= 0.6 is 23.1 Å². The number of hydrogen-bond acceptors (Lipinski definition) is 5. The van der Waals surface area contributed by atoms with E-state index >= 15 is 0 Å². The summed E-state index contributed by atoms with van der Waals surface area (Å²) < 4.78 is 1.78. The van der Waals surface area contributed by atoms with Gasteiger partial charge in [0, 0.05) is 5.75 Å². The zero-order valence-electron chi connectivity index (χ0n) is 12.6. The minimum atomic E-state index is -0.403. The van der Waals surface area contributed by atoms with Crippen LogP contribution in [-0.2, 0) is 17.1 Å². The Hall–Kier alpha value is -2.12. The SMILES string of the molecule is Cc1ccc(CSc2nnc(-c3cccs3)n2CC(N)=O)cc1. The maximum Gasteiger partial charge on any atom is 0.237 e. The summed E-state index contributed by atoms with van der Waals surface area (Å²) in [6.07, 6.45) is 0. The Balaban J connectivity index is 1.83. The molecule has 0 aliphatic carbocycles. The average molecular weight is 344 g/mol. The zero-order chi connectivity index (χ0) is 16.2. The molecule has 3 aromatic rings. The van der Waals surface area contributed by atoms with E-state index in [2.05, 4.69) is 41.4 Å². The van der Waals surface area contributed by atoms with Gasteiger partial charge in [-0.3, -0.25) is 9.36 Å². The van der Waals surface area contributed by atoms with E-state index in [0.29, 0.717) is 11.0 Å².